The molecule has 0 saturated heterocycles. The molecule has 0 radical (unpaired) electrons. The fourth-order valence-corrected chi connectivity index (χ4v) is 3.05. The van der Waals surface area contributed by atoms with Crippen molar-refractivity contribution in [3.05, 3.63) is 77.3 Å². The van der Waals surface area contributed by atoms with Crippen LogP contribution in [0, 0.1) is 0 Å². The lowest BCUT2D eigenvalue weighted by atomic mass is 9.99. The van der Waals surface area contributed by atoms with E-state index in [9.17, 15) is 4.79 Å². The molecule has 0 heterocycles. The Hall–Kier alpha value is -2.52. The van der Waals surface area contributed by atoms with Crippen LogP contribution in [0.25, 0.3) is 10.8 Å². The highest BCUT2D eigenvalue weighted by molar-refractivity contribution is 6.30. The van der Waals surface area contributed by atoms with E-state index in [-0.39, 0.29) is 11.9 Å². The van der Waals surface area contributed by atoms with Gasteiger partial charge in [-0.1, -0.05) is 54.1 Å². The molecule has 3 aromatic carbocycles. The number of rotatable bonds is 5. The molecule has 0 aliphatic heterocycles. The van der Waals surface area contributed by atoms with Crippen LogP contribution in [-0.4, -0.2) is 11.5 Å². The van der Waals surface area contributed by atoms with Gasteiger partial charge in [0.15, 0.2) is 5.60 Å². The van der Waals surface area contributed by atoms with Gasteiger partial charge in [-0.15, -0.1) is 0 Å². The van der Waals surface area contributed by atoms with Crippen LogP contribution in [0.5, 0.6) is 5.75 Å². The molecule has 1 amide bonds. The third-order valence-corrected chi connectivity index (χ3v) is 4.62. The molecule has 26 heavy (non-hydrogen) atoms. The van der Waals surface area contributed by atoms with Gasteiger partial charge in [-0.3, -0.25) is 4.79 Å². The van der Waals surface area contributed by atoms with Gasteiger partial charge in [0.2, 0.25) is 0 Å². The molecule has 0 spiro atoms. The molecule has 0 bridgehead atoms. The molecule has 0 saturated carbocycles. The minimum absolute atomic E-state index is 0.137. The first kappa shape index (κ1) is 18.3. The normalized spacial score (nSPS) is 12.6. The first-order valence-electron chi connectivity index (χ1n) is 8.60. The summed E-state index contributed by atoms with van der Waals surface area (Å²) in [6.45, 7) is 5.50. The van der Waals surface area contributed by atoms with Gasteiger partial charge in [-0.05, 0) is 61.4 Å². The molecule has 1 unspecified atom stereocenters. The monoisotopic (exact) mass is 367 g/mol. The number of halogens is 1. The van der Waals surface area contributed by atoms with E-state index < -0.39 is 5.60 Å². The number of hydrogen-bond donors (Lipinski definition) is 1. The minimum atomic E-state index is -1.01. The van der Waals surface area contributed by atoms with E-state index >= 15 is 0 Å². The van der Waals surface area contributed by atoms with Gasteiger partial charge in [-0.25, -0.2) is 0 Å². The number of ether oxygens (including phenoxy) is 1. The number of carbonyl (C=O) groups is 1. The van der Waals surface area contributed by atoms with Crippen LogP contribution in [-0.2, 0) is 4.79 Å². The van der Waals surface area contributed by atoms with Gasteiger partial charge in [0, 0.05) is 5.02 Å². The van der Waals surface area contributed by atoms with Crippen LogP contribution in [0.15, 0.2) is 66.7 Å². The van der Waals surface area contributed by atoms with E-state index in [1.165, 1.54) is 0 Å². The first-order valence-corrected chi connectivity index (χ1v) is 8.98. The number of hydrogen-bond acceptors (Lipinski definition) is 2. The topological polar surface area (TPSA) is 38.3 Å². The summed E-state index contributed by atoms with van der Waals surface area (Å²) in [6.07, 6.45) is 0. The van der Waals surface area contributed by atoms with E-state index in [1.807, 2.05) is 31.2 Å². The molecular weight excluding hydrogens is 346 g/mol. The highest BCUT2D eigenvalue weighted by Gasteiger charge is 2.31. The van der Waals surface area contributed by atoms with Gasteiger partial charge in [-0.2, -0.15) is 0 Å². The second-order valence-electron chi connectivity index (χ2n) is 6.83. The molecule has 0 aromatic heterocycles. The van der Waals surface area contributed by atoms with Gasteiger partial charge < -0.3 is 10.1 Å². The van der Waals surface area contributed by atoms with Gasteiger partial charge in [0.25, 0.3) is 5.91 Å². The SMILES string of the molecule is CC(NC(=O)C(C)(C)Oc1ccc(Cl)cc1)c1cccc2ccccc12. The van der Waals surface area contributed by atoms with Crippen molar-refractivity contribution >= 4 is 28.3 Å². The Morgan fingerprint density at radius 2 is 1.65 bits per heavy atom. The summed E-state index contributed by atoms with van der Waals surface area (Å²) in [5, 5.41) is 5.99. The van der Waals surface area contributed by atoms with Crippen molar-refractivity contribution in [1.29, 1.82) is 0 Å². The van der Waals surface area contributed by atoms with Gasteiger partial charge in [0.05, 0.1) is 6.04 Å². The van der Waals surface area contributed by atoms with E-state index in [2.05, 4.69) is 23.5 Å². The van der Waals surface area contributed by atoms with Crippen LogP contribution in [0.3, 0.4) is 0 Å². The van der Waals surface area contributed by atoms with Crippen molar-refractivity contribution in [1.82, 2.24) is 5.32 Å². The second-order valence-corrected chi connectivity index (χ2v) is 7.27. The molecule has 0 fully saturated rings. The number of carbonyl (C=O) groups excluding carboxylic acids is 1. The second kappa shape index (κ2) is 7.38. The fraction of sp³-hybridized carbons (Fsp3) is 0.227. The van der Waals surface area contributed by atoms with Crippen LogP contribution in [0.2, 0.25) is 5.02 Å². The minimum Gasteiger partial charge on any atom is -0.478 e. The summed E-state index contributed by atoms with van der Waals surface area (Å²) in [4.78, 5) is 12.8. The Balaban J connectivity index is 1.76. The van der Waals surface area contributed by atoms with Crippen LogP contribution in [0.1, 0.15) is 32.4 Å². The quantitative estimate of drug-likeness (QED) is 0.644. The maximum atomic E-state index is 12.8. The Kier molecular flexibility index (Phi) is 5.19. The molecule has 4 heteroatoms. The lowest BCUT2D eigenvalue weighted by molar-refractivity contribution is -0.134. The van der Waals surface area contributed by atoms with E-state index in [0.717, 1.165) is 16.3 Å². The number of nitrogens with one attached hydrogen (secondary N) is 1. The smallest absolute Gasteiger partial charge is 0.264 e. The fourth-order valence-electron chi connectivity index (χ4n) is 2.92. The van der Waals surface area contributed by atoms with Crippen molar-refractivity contribution in [3.63, 3.8) is 0 Å². The first-order chi connectivity index (χ1) is 12.4. The Bertz CT molecular complexity index is 914. The Morgan fingerprint density at radius 3 is 2.38 bits per heavy atom. The molecule has 1 N–H and O–H groups in total. The predicted molar refractivity (Wildman–Crippen MR) is 107 cm³/mol. The summed E-state index contributed by atoms with van der Waals surface area (Å²) in [5.74, 6) is 0.431. The lowest BCUT2D eigenvalue weighted by Gasteiger charge is -2.27. The molecule has 3 aromatic rings. The average Bonchev–Trinajstić information content (AvgIpc) is 2.63. The summed E-state index contributed by atoms with van der Waals surface area (Å²) in [7, 11) is 0. The number of fused-ring (bicyclic) bond motifs is 1. The van der Waals surface area contributed by atoms with Crippen molar-refractivity contribution in [3.8, 4) is 5.75 Å². The molecule has 134 valence electrons. The molecule has 1 atom stereocenters. The Morgan fingerprint density at radius 1 is 1.00 bits per heavy atom. The summed E-state index contributed by atoms with van der Waals surface area (Å²) in [5.41, 5.74) is 0.0749. The third kappa shape index (κ3) is 4.00. The van der Waals surface area contributed by atoms with E-state index in [4.69, 9.17) is 16.3 Å². The van der Waals surface area contributed by atoms with Crippen LogP contribution in [0.4, 0.5) is 0 Å². The molecule has 3 nitrogen and oxygen atoms in total. The van der Waals surface area contributed by atoms with Gasteiger partial charge >= 0.3 is 0 Å². The van der Waals surface area contributed by atoms with Gasteiger partial charge in [0.1, 0.15) is 5.75 Å². The predicted octanol–water partition coefficient (Wildman–Crippen LogP) is 5.53. The Labute approximate surface area is 158 Å². The largest absolute Gasteiger partial charge is 0.478 e. The highest BCUT2D eigenvalue weighted by Crippen LogP contribution is 2.26. The van der Waals surface area contributed by atoms with E-state index in [1.54, 1.807) is 38.1 Å². The maximum Gasteiger partial charge on any atom is 0.264 e. The molecular formula is C22H22ClNO2. The number of amides is 1. The standard InChI is InChI=1S/C22H22ClNO2/c1-15(19-10-6-8-16-7-4-5-9-20(16)19)24-21(25)22(2,3)26-18-13-11-17(23)12-14-18/h4-15H,1-3H3,(H,24,25). The van der Waals surface area contributed by atoms with Crippen LogP contribution >= 0.6 is 11.6 Å². The number of benzene rings is 3. The van der Waals surface area contributed by atoms with Crippen molar-refractivity contribution < 1.29 is 9.53 Å². The lowest BCUT2D eigenvalue weighted by Crippen LogP contribution is -2.47. The zero-order valence-electron chi connectivity index (χ0n) is 15.1. The highest BCUT2D eigenvalue weighted by atomic mass is 35.5. The summed E-state index contributed by atoms with van der Waals surface area (Å²) < 4.78 is 5.87. The van der Waals surface area contributed by atoms with Crippen molar-refractivity contribution in [2.45, 2.75) is 32.4 Å². The molecule has 3 rings (SSSR count). The van der Waals surface area contributed by atoms with Crippen molar-refractivity contribution in [2.24, 2.45) is 0 Å². The van der Waals surface area contributed by atoms with Crippen LogP contribution < -0.4 is 10.1 Å². The molecule has 0 aliphatic carbocycles. The van der Waals surface area contributed by atoms with Crippen molar-refractivity contribution in [2.75, 3.05) is 0 Å². The maximum absolute atomic E-state index is 12.8. The molecule has 0 aliphatic rings. The summed E-state index contributed by atoms with van der Waals surface area (Å²) in [6, 6.07) is 21.1. The average molecular weight is 368 g/mol. The zero-order valence-corrected chi connectivity index (χ0v) is 15.9. The third-order valence-electron chi connectivity index (χ3n) is 4.37. The zero-order chi connectivity index (χ0) is 18.7. The summed E-state index contributed by atoms with van der Waals surface area (Å²) >= 11 is 5.89. The van der Waals surface area contributed by atoms with E-state index in [0.29, 0.717) is 10.8 Å².